The molecule has 0 aromatic carbocycles. The number of aryl methyl sites for hydroxylation is 1. The Bertz CT molecular complexity index is 578. The summed E-state index contributed by atoms with van der Waals surface area (Å²) in [6.07, 6.45) is 10.5. The molecule has 3 aliphatic rings. The lowest BCUT2D eigenvalue weighted by Crippen LogP contribution is -2.40. The summed E-state index contributed by atoms with van der Waals surface area (Å²) in [6.45, 7) is 4.13. The van der Waals surface area contributed by atoms with Crippen molar-refractivity contribution >= 4 is 5.96 Å². The topological polar surface area (TPSA) is 58.3 Å². The summed E-state index contributed by atoms with van der Waals surface area (Å²) in [5.41, 5.74) is 0. The van der Waals surface area contributed by atoms with Gasteiger partial charge in [0.05, 0.1) is 6.54 Å². The van der Waals surface area contributed by atoms with Gasteiger partial charge in [0.1, 0.15) is 5.82 Å². The van der Waals surface area contributed by atoms with Crippen LogP contribution in [0.1, 0.15) is 56.6 Å². The molecule has 0 spiro atoms. The van der Waals surface area contributed by atoms with Crippen molar-refractivity contribution in [3.63, 3.8) is 0 Å². The Labute approximate surface area is 144 Å². The Balaban J connectivity index is 1.39. The quantitative estimate of drug-likeness (QED) is 0.667. The van der Waals surface area contributed by atoms with Gasteiger partial charge in [-0.25, -0.2) is 0 Å². The van der Waals surface area contributed by atoms with E-state index in [-0.39, 0.29) is 0 Å². The van der Waals surface area contributed by atoms with Crippen molar-refractivity contribution in [3.05, 3.63) is 11.6 Å². The molecule has 24 heavy (non-hydrogen) atoms. The number of nitrogens with one attached hydrogen (secondary N) is 1. The van der Waals surface area contributed by atoms with Crippen LogP contribution in [0.25, 0.3) is 0 Å². The molecule has 6 nitrogen and oxygen atoms in total. The fourth-order valence-electron chi connectivity index (χ4n) is 4.75. The monoisotopic (exact) mass is 330 g/mol. The molecule has 1 aromatic heterocycles. The standard InChI is InChI=1S/C18H30N6/c1-19-18(23-12-14-7-4-5-8-15(14)13-23)20-11-17-22-21-16-9-3-2-6-10-24(16)17/h14-15H,2-13H2,1H3,(H,19,20). The van der Waals surface area contributed by atoms with Gasteiger partial charge in [-0.3, -0.25) is 4.99 Å². The van der Waals surface area contributed by atoms with E-state index in [1.165, 1.54) is 58.0 Å². The van der Waals surface area contributed by atoms with E-state index in [0.717, 1.165) is 49.0 Å². The van der Waals surface area contributed by atoms with E-state index < -0.39 is 0 Å². The summed E-state index contributed by atoms with van der Waals surface area (Å²) in [5, 5.41) is 12.4. The first-order valence-corrected chi connectivity index (χ1v) is 9.71. The molecule has 2 atom stereocenters. The highest BCUT2D eigenvalue weighted by Crippen LogP contribution is 2.35. The van der Waals surface area contributed by atoms with Crippen LogP contribution in [0.2, 0.25) is 0 Å². The van der Waals surface area contributed by atoms with Crippen LogP contribution in [0.15, 0.2) is 4.99 Å². The number of guanidine groups is 1. The number of hydrogen-bond acceptors (Lipinski definition) is 3. The minimum Gasteiger partial charge on any atom is -0.349 e. The lowest BCUT2D eigenvalue weighted by Gasteiger charge is -2.22. The third-order valence-corrected chi connectivity index (χ3v) is 6.08. The lowest BCUT2D eigenvalue weighted by atomic mass is 9.82. The SMILES string of the molecule is CN=C(NCc1nnc2n1CCCCC2)N1CC2CCCCC2C1. The normalized spacial score (nSPS) is 27.5. The maximum atomic E-state index is 4.53. The predicted octanol–water partition coefficient (Wildman–Crippen LogP) is 2.20. The smallest absolute Gasteiger partial charge is 0.194 e. The van der Waals surface area contributed by atoms with Gasteiger partial charge in [-0.05, 0) is 37.5 Å². The van der Waals surface area contributed by atoms with Crippen molar-refractivity contribution in [1.82, 2.24) is 25.0 Å². The van der Waals surface area contributed by atoms with Gasteiger partial charge in [0.2, 0.25) is 0 Å². The van der Waals surface area contributed by atoms with Crippen LogP contribution in [0.5, 0.6) is 0 Å². The highest BCUT2D eigenvalue weighted by Gasteiger charge is 2.35. The van der Waals surface area contributed by atoms with Gasteiger partial charge in [-0.15, -0.1) is 10.2 Å². The van der Waals surface area contributed by atoms with Gasteiger partial charge >= 0.3 is 0 Å². The molecule has 1 aromatic rings. The summed E-state index contributed by atoms with van der Waals surface area (Å²) in [5.74, 6) is 5.01. The van der Waals surface area contributed by atoms with E-state index in [1.54, 1.807) is 0 Å². The van der Waals surface area contributed by atoms with Crippen LogP contribution in [-0.2, 0) is 19.5 Å². The predicted molar refractivity (Wildman–Crippen MR) is 94.8 cm³/mol. The molecule has 1 saturated heterocycles. The number of rotatable bonds is 2. The molecule has 1 saturated carbocycles. The van der Waals surface area contributed by atoms with Gasteiger partial charge < -0.3 is 14.8 Å². The lowest BCUT2D eigenvalue weighted by molar-refractivity contribution is 0.299. The van der Waals surface area contributed by atoms with Gasteiger partial charge in [0.25, 0.3) is 0 Å². The Kier molecular flexibility index (Phi) is 4.72. The summed E-state index contributed by atoms with van der Waals surface area (Å²) in [4.78, 5) is 6.99. The molecule has 0 bridgehead atoms. The Hall–Kier alpha value is -1.59. The second kappa shape index (κ2) is 7.11. The Morgan fingerprint density at radius 3 is 2.62 bits per heavy atom. The van der Waals surface area contributed by atoms with Crippen LogP contribution in [0.3, 0.4) is 0 Å². The molecular weight excluding hydrogens is 300 g/mol. The molecule has 3 heterocycles. The maximum Gasteiger partial charge on any atom is 0.194 e. The van der Waals surface area contributed by atoms with Crippen LogP contribution in [-0.4, -0.2) is 45.8 Å². The van der Waals surface area contributed by atoms with E-state index in [1.807, 2.05) is 7.05 Å². The van der Waals surface area contributed by atoms with Gasteiger partial charge in [-0.2, -0.15) is 0 Å². The van der Waals surface area contributed by atoms with Crippen molar-refractivity contribution in [3.8, 4) is 0 Å². The first-order valence-electron chi connectivity index (χ1n) is 9.71. The molecule has 2 fully saturated rings. The van der Waals surface area contributed by atoms with Crippen molar-refractivity contribution in [2.75, 3.05) is 20.1 Å². The van der Waals surface area contributed by atoms with Crippen molar-refractivity contribution in [2.24, 2.45) is 16.8 Å². The average Bonchev–Trinajstić information content (AvgIpc) is 3.12. The largest absolute Gasteiger partial charge is 0.349 e. The second-order valence-electron chi connectivity index (χ2n) is 7.61. The first kappa shape index (κ1) is 15.9. The van der Waals surface area contributed by atoms with E-state index in [9.17, 15) is 0 Å². The molecule has 0 radical (unpaired) electrons. The third kappa shape index (κ3) is 3.15. The average molecular weight is 330 g/mol. The summed E-state index contributed by atoms with van der Waals surface area (Å²) in [7, 11) is 1.90. The zero-order valence-corrected chi connectivity index (χ0v) is 14.9. The van der Waals surface area contributed by atoms with Crippen LogP contribution in [0, 0.1) is 11.8 Å². The van der Waals surface area contributed by atoms with E-state index in [2.05, 4.69) is 30.0 Å². The van der Waals surface area contributed by atoms with Crippen molar-refractivity contribution in [1.29, 1.82) is 0 Å². The Morgan fingerprint density at radius 1 is 1.08 bits per heavy atom. The van der Waals surface area contributed by atoms with E-state index in [0.29, 0.717) is 0 Å². The number of nitrogens with zero attached hydrogens (tertiary/aromatic N) is 5. The number of fused-ring (bicyclic) bond motifs is 2. The van der Waals surface area contributed by atoms with Crippen LogP contribution < -0.4 is 5.32 Å². The van der Waals surface area contributed by atoms with E-state index in [4.69, 9.17) is 0 Å². The van der Waals surface area contributed by atoms with Crippen molar-refractivity contribution < 1.29 is 0 Å². The molecule has 2 unspecified atom stereocenters. The second-order valence-corrected chi connectivity index (χ2v) is 7.61. The zero-order valence-electron chi connectivity index (χ0n) is 14.9. The fourth-order valence-corrected chi connectivity index (χ4v) is 4.75. The van der Waals surface area contributed by atoms with Gasteiger partial charge in [0, 0.05) is 33.1 Å². The molecule has 2 aliphatic heterocycles. The number of hydrogen-bond donors (Lipinski definition) is 1. The maximum absolute atomic E-state index is 4.53. The number of likely N-dealkylation sites (tertiary alicyclic amines) is 1. The highest BCUT2D eigenvalue weighted by atomic mass is 15.3. The van der Waals surface area contributed by atoms with Gasteiger partial charge in [-0.1, -0.05) is 19.3 Å². The van der Waals surface area contributed by atoms with Crippen molar-refractivity contribution in [2.45, 2.75) is 64.5 Å². The first-order chi connectivity index (χ1) is 11.8. The number of aromatic nitrogens is 3. The summed E-state index contributed by atoms with van der Waals surface area (Å²) in [6, 6.07) is 0. The summed E-state index contributed by atoms with van der Waals surface area (Å²) < 4.78 is 2.32. The molecular formula is C18H30N6. The van der Waals surface area contributed by atoms with Crippen LogP contribution >= 0.6 is 0 Å². The zero-order chi connectivity index (χ0) is 16.4. The third-order valence-electron chi connectivity index (χ3n) is 6.08. The molecule has 1 N–H and O–H groups in total. The molecule has 1 aliphatic carbocycles. The molecule has 6 heteroatoms. The highest BCUT2D eigenvalue weighted by molar-refractivity contribution is 5.80. The minimum atomic E-state index is 0.728. The fraction of sp³-hybridized carbons (Fsp3) is 0.833. The minimum absolute atomic E-state index is 0.728. The summed E-state index contributed by atoms with van der Waals surface area (Å²) >= 11 is 0. The number of aliphatic imine (C=N–C) groups is 1. The molecule has 132 valence electrons. The van der Waals surface area contributed by atoms with Gasteiger partial charge in [0.15, 0.2) is 11.8 Å². The van der Waals surface area contributed by atoms with Crippen LogP contribution in [0.4, 0.5) is 0 Å². The van der Waals surface area contributed by atoms with E-state index >= 15 is 0 Å². The molecule has 0 amide bonds. The Morgan fingerprint density at radius 2 is 1.88 bits per heavy atom. The molecule has 4 rings (SSSR count).